The summed E-state index contributed by atoms with van der Waals surface area (Å²) in [5.41, 5.74) is 0.983. The van der Waals surface area contributed by atoms with Crippen LogP contribution in [0.3, 0.4) is 0 Å². The highest BCUT2D eigenvalue weighted by molar-refractivity contribution is 5.81. The molecule has 1 aromatic rings. The summed E-state index contributed by atoms with van der Waals surface area (Å²) >= 11 is 0. The molecule has 0 bridgehead atoms. The van der Waals surface area contributed by atoms with E-state index in [1.165, 1.54) is 0 Å². The van der Waals surface area contributed by atoms with Crippen molar-refractivity contribution in [2.75, 3.05) is 26.3 Å². The van der Waals surface area contributed by atoms with Gasteiger partial charge in [-0.3, -0.25) is 4.79 Å². The molecule has 1 aliphatic heterocycles. The van der Waals surface area contributed by atoms with E-state index in [9.17, 15) is 4.79 Å². The SMILES string of the molecule is C/C=C/c1ccccc1OC(C)C(=O)N1CCOCC1. The van der Waals surface area contributed by atoms with Gasteiger partial charge in [0, 0.05) is 18.7 Å². The summed E-state index contributed by atoms with van der Waals surface area (Å²) in [5.74, 6) is 0.753. The second-order valence-corrected chi connectivity index (χ2v) is 4.74. The van der Waals surface area contributed by atoms with Crippen LogP contribution in [0.4, 0.5) is 0 Å². The second kappa shape index (κ2) is 7.10. The Hall–Kier alpha value is -1.81. The van der Waals surface area contributed by atoms with Crippen molar-refractivity contribution < 1.29 is 14.3 Å². The van der Waals surface area contributed by atoms with Gasteiger partial charge in [0.2, 0.25) is 0 Å². The molecule has 1 fully saturated rings. The number of allylic oxidation sites excluding steroid dienone is 1. The molecule has 4 heteroatoms. The number of amides is 1. The minimum atomic E-state index is -0.487. The Morgan fingerprint density at radius 3 is 2.75 bits per heavy atom. The molecule has 1 saturated heterocycles. The Kier molecular flexibility index (Phi) is 5.18. The molecule has 0 N–H and O–H groups in total. The molecule has 4 nitrogen and oxygen atoms in total. The number of hydrogen-bond donors (Lipinski definition) is 0. The van der Waals surface area contributed by atoms with Gasteiger partial charge >= 0.3 is 0 Å². The van der Waals surface area contributed by atoms with Gasteiger partial charge in [-0.2, -0.15) is 0 Å². The van der Waals surface area contributed by atoms with Crippen molar-refractivity contribution in [1.82, 2.24) is 4.90 Å². The molecule has 2 rings (SSSR count). The van der Waals surface area contributed by atoms with Crippen molar-refractivity contribution in [3.8, 4) is 5.75 Å². The standard InChI is InChI=1S/C16H21NO3/c1-3-6-14-7-4-5-8-15(14)20-13(2)16(18)17-9-11-19-12-10-17/h3-8,13H,9-12H2,1-2H3/b6-3+. The maximum Gasteiger partial charge on any atom is 0.263 e. The van der Waals surface area contributed by atoms with Gasteiger partial charge in [0.15, 0.2) is 6.10 Å². The number of benzene rings is 1. The average molecular weight is 275 g/mol. The number of ether oxygens (including phenoxy) is 2. The fourth-order valence-electron chi connectivity index (χ4n) is 2.19. The quantitative estimate of drug-likeness (QED) is 0.846. The normalized spacial score (nSPS) is 17.2. The predicted octanol–water partition coefficient (Wildman–Crippen LogP) is 2.35. The number of carbonyl (C=O) groups excluding carboxylic acids is 1. The van der Waals surface area contributed by atoms with Crippen LogP contribution in [0.2, 0.25) is 0 Å². The Bertz CT molecular complexity index is 478. The molecule has 1 aliphatic rings. The van der Waals surface area contributed by atoms with Gasteiger partial charge in [-0.1, -0.05) is 30.4 Å². The first-order chi connectivity index (χ1) is 9.72. The van der Waals surface area contributed by atoms with Crippen LogP contribution in [0.1, 0.15) is 19.4 Å². The molecule has 0 spiro atoms. The van der Waals surface area contributed by atoms with Crippen LogP contribution >= 0.6 is 0 Å². The number of para-hydroxylation sites is 1. The number of morpholine rings is 1. The average Bonchev–Trinajstić information content (AvgIpc) is 2.49. The van der Waals surface area contributed by atoms with Gasteiger partial charge in [0.25, 0.3) is 5.91 Å². The van der Waals surface area contributed by atoms with Gasteiger partial charge in [0.1, 0.15) is 5.75 Å². The van der Waals surface area contributed by atoms with Crippen molar-refractivity contribution in [1.29, 1.82) is 0 Å². The van der Waals surface area contributed by atoms with Crippen LogP contribution in [-0.2, 0) is 9.53 Å². The van der Waals surface area contributed by atoms with Gasteiger partial charge in [0.05, 0.1) is 13.2 Å². The van der Waals surface area contributed by atoms with Crippen LogP contribution in [-0.4, -0.2) is 43.2 Å². The Morgan fingerprint density at radius 2 is 2.05 bits per heavy atom. The van der Waals surface area contributed by atoms with Crippen LogP contribution in [0.25, 0.3) is 6.08 Å². The Balaban J connectivity index is 2.03. The summed E-state index contributed by atoms with van der Waals surface area (Å²) in [6.07, 6.45) is 3.44. The minimum absolute atomic E-state index is 0.0172. The summed E-state index contributed by atoms with van der Waals surface area (Å²) < 4.78 is 11.1. The van der Waals surface area contributed by atoms with E-state index < -0.39 is 6.10 Å². The highest BCUT2D eigenvalue weighted by Crippen LogP contribution is 2.21. The third kappa shape index (κ3) is 3.61. The van der Waals surface area contributed by atoms with Crippen LogP contribution < -0.4 is 4.74 Å². The monoisotopic (exact) mass is 275 g/mol. The molecular formula is C16H21NO3. The summed E-state index contributed by atoms with van der Waals surface area (Å²) in [5, 5.41) is 0. The maximum atomic E-state index is 12.3. The molecular weight excluding hydrogens is 254 g/mol. The van der Waals surface area contributed by atoms with Crippen molar-refractivity contribution in [3.63, 3.8) is 0 Å². The van der Waals surface area contributed by atoms with Crippen LogP contribution in [0.5, 0.6) is 5.75 Å². The molecule has 1 aromatic carbocycles. The van der Waals surface area contributed by atoms with Crippen molar-refractivity contribution in [3.05, 3.63) is 35.9 Å². The highest BCUT2D eigenvalue weighted by atomic mass is 16.5. The van der Waals surface area contributed by atoms with E-state index in [0.29, 0.717) is 26.3 Å². The van der Waals surface area contributed by atoms with E-state index in [0.717, 1.165) is 11.3 Å². The summed E-state index contributed by atoms with van der Waals surface area (Å²) in [7, 11) is 0. The first kappa shape index (κ1) is 14.6. The summed E-state index contributed by atoms with van der Waals surface area (Å²) in [6, 6.07) is 7.73. The van der Waals surface area contributed by atoms with Gasteiger partial charge in [-0.15, -0.1) is 0 Å². The molecule has 1 amide bonds. The largest absolute Gasteiger partial charge is 0.480 e. The molecule has 108 valence electrons. The first-order valence-electron chi connectivity index (χ1n) is 6.97. The van der Waals surface area contributed by atoms with E-state index in [1.54, 1.807) is 11.8 Å². The third-order valence-corrected chi connectivity index (χ3v) is 3.24. The lowest BCUT2D eigenvalue weighted by molar-refractivity contribution is -0.142. The van der Waals surface area contributed by atoms with Gasteiger partial charge < -0.3 is 14.4 Å². The second-order valence-electron chi connectivity index (χ2n) is 4.74. The van der Waals surface area contributed by atoms with Crippen molar-refractivity contribution in [2.24, 2.45) is 0 Å². The predicted molar refractivity (Wildman–Crippen MR) is 78.6 cm³/mol. The lowest BCUT2D eigenvalue weighted by Crippen LogP contribution is -2.46. The van der Waals surface area contributed by atoms with Crippen LogP contribution in [0.15, 0.2) is 30.3 Å². The number of nitrogens with zero attached hydrogens (tertiary/aromatic N) is 1. The van der Waals surface area contributed by atoms with Gasteiger partial charge in [-0.05, 0) is 19.9 Å². The number of rotatable bonds is 4. The Morgan fingerprint density at radius 1 is 1.35 bits per heavy atom. The molecule has 0 aromatic heterocycles. The minimum Gasteiger partial charge on any atom is -0.480 e. The molecule has 1 heterocycles. The maximum absolute atomic E-state index is 12.3. The van der Waals surface area contributed by atoms with E-state index in [4.69, 9.17) is 9.47 Å². The fourth-order valence-corrected chi connectivity index (χ4v) is 2.19. The number of hydrogen-bond acceptors (Lipinski definition) is 3. The highest BCUT2D eigenvalue weighted by Gasteiger charge is 2.24. The van der Waals surface area contributed by atoms with Gasteiger partial charge in [-0.25, -0.2) is 0 Å². The topological polar surface area (TPSA) is 38.8 Å². The van der Waals surface area contributed by atoms with E-state index in [2.05, 4.69) is 0 Å². The molecule has 0 radical (unpaired) electrons. The van der Waals surface area contributed by atoms with Crippen molar-refractivity contribution >= 4 is 12.0 Å². The first-order valence-corrected chi connectivity index (χ1v) is 6.97. The smallest absolute Gasteiger partial charge is 0.263 e. The fraction of sp³-hybridized carbons (Fsp3) is 0.438. The molecule has 0 saturated carbocycles. The molecule has 0 aliphatic carbocycles. The zero-order chi connectivity index (χ0) is 14.4. The summed E-state index contributed by atoms with van der Waals surface area (Å²) in [4.78, 5) is 14.1. The molecule has 1 atom stereocenters. The van der Waals surface area contributed by atoms with E-state index in [1.807, 2.05) is 43.3 Å². The van der Waals surface area contributed by atoms with Crippen LogP contribution in [0, 0.1) is 0 Å². The zero-order valence-electron chi connectivity index (χ0n) is 12.0. The molecule has 20 heavy (non-hydrogen) atoms. The van der Waals surface area contributed by atoms with E-state index >= 15 is 0 Å². The number of carbonyl (C=O) groups is 1. The van der Waals surface area contributed by atoms with Crippen molar-refractivity contribution in [2.45, 2.75) is 20.0 Å². The summed E-state index contributed by atoms with van der Waals surface area (Å²) in [6.45, 7) is 6.25. The lowest BCUT2D eigenvalue weighted by Gasteiger charge is -2.29. The molecule has 1 unspecified atom stereocenters. The lowest BCUT2D eigenvalue weighted by atomic mass is 10.2. The van der Waals surface area contributed by atoms with E-state index in [-0.39, 0.29) is 5.91 Å². The third-order valence-electron chi connectivity index (χ3n) is 3.24. The Labute approximate surface area is 120 Å². The zero-order valence-corrected chi connectivity index (χ0v) is 12.0.